The highest BCUT2D eigenvalue weighted by Gasteiger charge is 2.17. The fourth-order valence-electron chi connectivity index (χ4n) is 2.73. The molecule has 0 aliphatic carbocycles. The molecule has 3 heterocycles. The lowest BCUT2D eigenvalue weighted by atomic mass is 10.2. The van der Waals surface area contributed by atoms with Gasteiger partial charge in [0, 0.05) is 20.3 Å². The van der Waals surface area contributed by atoms with Gasteiger partial charge in [0.25, 0.3) is 5.56 Å². The van der Waals surface area contributed by atoms with Gasteiger partial charge in [0.05, 0.1) is 27.3 Å². The van der Waals surface area contributed by atoms with Crippen LogP contribution in [-0.4, -0.2) is 28.6 Å². The maximum Gasteiger partial charge on any atom is 0.276 e. The van der Waals surface area contributed by atoms with E-state index >= 15 is 0 Å². The number of para-hydroxylation sites is 1. The van der Waals surface area contributed by atoms with Gasteiger partial charge in [-0.15, -0.1) is 11.3 Å². The molecule has 120 valence electrons. The van der Waals surface area contributed by atoms with Gasteiger partial charge in [-0.3, -0.25) is 9.36 Å². The molecule has 4 rings (SSSR count). The Kier molecular flexibility index (Phi) is 3.51. The van der Waals surface area contributed by atoms with Crippen molar-refractivity contribution in [1.82, 2.24) is 14.5 Å². The van der Waals surface area contributed by atoms with E-state index in [1.807, 2.05) is 37.2 Å². The average molecular weight is 357 g/mol. The van der Waals surface area contributed by atoms with Gasteiger partial charge in [-0.25, -0.2) is 9.97 Å². The van der Waals surface area contributed by atoms with Crippen LogP contribution < -0.4 is 10.5 Å². The molecule has 0 N–H and O–H groups in total. The van der Waals surface area contributed by atoms with Crippen LogP contribution in [0.4, 0.5) is 5.69 Å². The van der Waals surface area contributed by atoms with Crippen LogP contribution in [0.5, 0.6) is 0 Å². The summed E-state index contributed by atoms with van der Waals surface area (Å²) >= 11 is 7.58. The number of thiophene rings is 1. The van der Waals surface area contributed by atoms with Crippen molar-refractivity contribution >= 4 is 49.1 Å². The second-order valence-electron chi connectivity index (χ2n) is 5.56. The SMILES string of the molecule is CN(C)c1ccnc2sc3c(=O)n(-c4ccccc4Cl)cnc3c12. The van der Waals surface area contributed by atoms with Crippen molar-refractivity contribution < 1.29 is 0 Å². The van der Waals surface area contributed by atoms with Crippen LogP contribution in [0.3, 0.4) is 0 Å². The van der Waals surface area contributed by atoms with Gasteiger partial charge in [-0.2, -0.15) is 0 Å². The summed E-state index contributed by atoms with van der Waals surface area (Å²) in [6, 6.07) is 9.15. The van der Waals surface area contributed by atoms with Crippen molar-refractivity contribution in [1.29, 1.82) is 0 Å². The molecule has 5 nitrogen and oxygen atoms in total. The highest BCUT2D eigenvalue weighted by molar-refractivity contribution is 7.25. The first-order valence-electron chi connectivity index (χ1n) is 7.29. The number of aromatic nitrogens is 3. The first-order valence-corrected chi connectivity index (χ1v) is 8.48. The number of fused-ring (bicyclic) bond motifs is 3. The Morgan fingerprint density at radius 3 is 2.71 bits per heavy atom. The van der Waals surface area contributed by atoms with Gasteiger partial charge in [-0.1, -0.05) is 23.7 Å². The Labute approximate surface area is 146 Å². The number of anilines is 1. The lowest BCUT2D eigenvalue weighted by molar-refractivity contribution is 0.968. The minimum atomic E-state index is -0.138. The molecular weight excluding hydrogens is 344 g/mol. The molecule has 0 bridgehead atoms. The number of hydrogen-bond acceptors (Lipinski definition) is 5. The van der Waals surface area contributed by atoms with E-state index in [9.17, 15) is 4.79 Å². The van der Waals surface area contributed by atoms with Crippen molar-refractivity contribution in [2.24, 2.45) is 0 Å². The fourth-order valence-corrected chi connectivity index (χ4v) is 4.00. The van der Waals surface area contributed by atoms with Crippen LogP contribution in [0.15, 0.2) is 47.7 Å². The molecule has 3 aromatic heterocycles. The van der Waals surface area contributed by atoms with Crippen molar-refractivity contribution in [3.63, 3.8) is 0 Å². The zero-order chi connectivity index (χ0) is 16.8. The molecule has 0 saturated carbocycles. The van der Waals surface area contributed by atoms with E-state index < -0.39 is 0 Å². The fraction of sp³-hybridized carbons (Fsp3) is 0.118. The van der Waals surface area contributed by atoms with E-state index in [0.29, 0.717) is 20.9 Å². The van der Waals surface area contributed by atoms with E-state index in [-0.39, 0.29) is 5.56 Å². The van der Waals surface area contributed by atoms with E-state index in [1.54, 1.807) is 18.3 Å². The van der Waals surface area contributed by atoms with E-state index in [2.05, 4.69) is 9.97 Å². The lowest BCUT2D eigenvalue weighted by Gasteiger charge is -2.13. The summed E-state index contributed by atoms with van der Waals surface area (Å²) in [4.78, 5) is 24.7. The van der Waals surface area contributed by atoms with Gasteiger partial charge in [0.2, 0.25) is 0 Å². The summed E-state index contributed by atoms with van der Waals surface area (Å²) < 4.78 is 2.06. The molecule has 0 spiro atoms. The number of rotatable bonds is 2. The third-order valence-corrected chi connectivity index (χ3v) is 5.25. The van der Waals surface area contributed by atoms with Gasteiger partial charge < -0.3 is 4.90 Å². The highest BCUT2D eigenvalue weighted by Crippen LogP contribution is 2.35. The summed E-state index contributed by atoms with van der Waals surface area (Å²) in [6.45, 7) is 0. The minimum absolute atomic E-state index is 0.138. The molecule has 7 heteroatoms. The quantitative estimate of drug-likeness (QED) is 0.549. The summed E-state index contributed by atoms with van der Waals surface area (Å²) in [5.74, 6) is 0. The Balaban J connectivity index is 2.09. The third kappa shape index (κ3) is 2.18. The second kappa shape index (κ2) is 5.58. The highest BCUT2D eigenvalue weighted by atomic mass is 35.5. The summed E-state index contributed by atoms with van der Waals surface area (Å²) in [5.41, 5.74) is 2.16. The number of halogens is 1. The molecule has 24 heavy (non-hydrogen) atoms. The Morgan fingerprint density at radius 1 is 1.17 bits per heavy atom. The van der Waals surface area contributed by atoms with Gasteiger partial charge in [0.15, 0.2) is 0 Å². The molecule has 4 aromatic rings. The topological polar surface area (TPSA) is 51.0 Å². The van der Waals surface area contributed by atoms with Crippen LogP contribution in [0.2, 0.25) is 5.02 Å². The molecule has 0 radical (unpaired) electrons. The average Bonchev–Trinajstić information content (AvgIpc) is 2.95. The van der Waals surface area contributed by atoms with Gasteiger partial charge in [0.1, 0.15) is 15.9 Å². The Bertz CT molecular complexity index is 1130. The summed E-state index contributed by atoms with van der Waals surface area (Å²) in [7, 11) is 3.92. The molecule has 0 unspecified atom stereocenters. The van der Waals surface area contributed by atoms with Crippen LogP contribution in [0.1, 0.15) is 0 Å². The van der Waals surface area contributed by atoms with Gasteiger partial charge in [-0.05, 0) is 18.2 Å². The van der Waals surface area contributed by atoms with Crippen molar-refractivity contribution in [2.45, 2.75) is 0 Å². The minimum Gasteiger partial charge on any atom is -0.377 e. The number of nitrogens with zero attached hydrogens (tertiary/aromatic N) is 4. The molecule has 0 aliphatic heterocycles. The van der Waals surface area contributed by atoms with Crippen LogP contribution in [0, 0.1) is 0 Å². The Morgan fingerprint density at radius 2 is 1.96 bits per heavy atom. The standard InChI is InChI=1S/C17H13ClN4OS/c1-21(2)12-7-8-19-16-13(12)14-15(24-16)17(23)22(9-20-14)11-6-4-3-5-10(11)18/h3-9H,1-2H3. The molecule has 0 atom stereocenters. The van der Waals surface area contributed by atoms with Gasteiger partial charge >= 0.3 is 0 Å². The zero-order valence-corrected chi connectivity index (χ0v) is 14.6. The van der Waals surface area contributed by atoms with Crippen molar-refractivity contribution in [3.05, 3.63) is 58.2 Å². The lowest BCUT2D eigenvalue weighted by Crippen LogP contribution is -2.18. The second-order valence-corrected chi connectivity index (χ2v) is 6.96. The molecule has 0 fully saturated rings. The number of pyridine rings is 1. The van der Waals surface area contributed by atoms with Crippen LogP contribution >= 0.6 is 22.9 Å². The molecular formula is C17H13ClN4OS. The predicted molar refractivity (Wildman–Crippen MR) is 99.9 cm³/mol. The molecule has 0 aliphatic rings. The first kappa shape index (κ1) is 15.1. The monoisotopic (exact) mass is 356 g/mol. The largest absolute Gasteiger partial charge is 0.377 e. The van der Waals surface area contributed by atoms with Crippen molar-refractivity contribution in [3.8, 4) is 5.69 Å². The molecule has 0 amide bonds. The van der Waals surface area contributed by atoms with Crippen LogP contribution in [-0.2, 0) is 0 Å². The molecule has 0 saturated heterocycles. The number of benzene rings is 1. The first-order chi connectivity index (χ1) is 11.6. The normalized spacial score (nSPS) is 11.3. The maximum absolute atomic E-state index is 13.0. The van der Waals surface area contributed by atoms with E-state index in [4.69, 9.17) is 11.6 Å². The van der Waals surface area contributed by atoms with E-state index in [0.717, 1.165) is 15.9 Å². The van der Waals surface area contributed by atoms with Crippen LogP contribution in [0.25, 0.3) is 26.1 Å². The third-order valence-electron chi connectivity index (χ3n) is 3.85. The summed E-state index contributed by atoms with van der Waals surface area (Å²) in [6.07, 6.45) is 3.28. The smallest absolute Gasteiger partial charge is 0.276 e. The molecule has 1 aromatic carbocycles. The predicted octanol–water partition coefficient (Wildman–Crippen LogP) is 3.71. The zero-order valence-electron chi connectivity index (χ0n) is 13.0. The summed E-state index contributed by atoms with van der Waals surface area (Å²) in [5, 5.41) is 1.42. The number of hydrogen-bond donors (Lipinski definition) is 0. The maximum atomic E-state index is 13.0. The van der Waals surface area contributed by atoms with Crippen molar-refractivity contribution in [2.75, 3.05) is 19.0 Å². The van der Waals surface area contributed by atoms with E-state index in [1.165, 1.54) is 22.2 Å². The Hall–Kier alpha value is -2.44.